The van der Waals surface area contributed by atoms with E-state index in [1.54, 1.807) is 17.0 Å². The Morgan fingerprint density at radius 2 is 2.12 bits per heavy atom. The van der Waals surface area contributed by atoms with E-state index >= 15 is 0 Å². The predicted molar refractivity (Wildman–Crippen MR) is 101 cm³/mol. The van der Waals surface area contributed by atoms with Gasteiger partial charge >= 0.3 is 6.09 Å². The van der Waals surface area contributed by atoms with E-state index in [9.17, 15) is 9.18 Å². The number of ether oxygens (including phenoxy) is 2. The molecular formula is C17H23FN4O3S. The zero-order valence-corrected chi connectivity index (χ0v) is 15.7. The lowest BCUT2D eigenvalue weighted by molar-refractivity contribution is 0.122. The quantitative estimate of drug-likeness (QED) is 0.791. The van der Waals surface area contributed by atoms with E-state index in [2.05, 4.69) is 5.32 Å². The van der Waals surface area contributed by atoms with Gasteiger partial charge in [-0.2, -0.15) is 0 Å². The second-order valence-electron chi connectivity index (χ2n) is 6.43. The van der Waals surface area contributed by atoms with Gasteiger partial charge in [0.25, 0.3) is 0 Å². The summed E-state index contributed by atoms with van der Waals surface area (Å²) in [5.74, 6) is -0.354. The van der Waals surface area contributed by atoms with Crippen molar-refractivity contribution in [3.8, 4) is 0 Å². The Balaban J connectivity index is 1.64. The van der Waals surface area contributed by atoms with E-state index < -0.39 is 6.09 Å². The fourth-order valence-corrected chi connectivity index (χ4v) is 3.01. The molecule has 0 bridgehead atoms. The maximum absolute atomic E-state index is 14.6. The molecule has 0 radical (unpaired) electrons. The number of hydrogen-bond donors (Lipinski definition) is 1. The van der Waals surface area contributed by atoms with Gasteiger partial charge in [0.15, 0.2) is 5.11 Å². The molecule has 142 valence electrons. The van der Waals surface area contributed by atoms with Crippen LogP contribution in [0.3, 0.4) is 0 Å². The van der Waals surface area contributed by atoms with Crippen LogP contribution in [0.4, 0.5) is 20.6 Å². The van der Waals surface area contributed by atoms with Gasteiger partial charge in [-0.05, 0) is 30.4 Å². The van der Waals surface area contributed by atoms with Crippen molar-refractivity contribution in [1.82, 2.24) is 10.2 Å². The van der Waals surface area contributed by atoms with E-state index in [0.717, 1.165) is 0 Å². The van der Waals surface area contributed by atoms with Gasteiger partial charge in [-0.3, -0.25) is 4.90 Å². The Morgan fingerprint density at radius 1 is 1.38 bits per heavy atom. The molecule has 26 heavy (non-hydrogen) atoms. The lowest BCUT2D eigenvalue weighted by Gasteiger charge is -2.29. The molecule has 1 atom stereocenters. The summed E-state index contributed by atoms with van der Waals surface area (Å²) < 4.78 is 25.2. The minimum Gasteiger partial charge on any atom is -0.442 e. The summed E-state index contributed by atoms with van der Waals surface area (Å²) in [6, 6.07) is 4.83. The van der Waals surface area contributed by atoms with Gasteiger partial charge < -0.3 is 24.6 Å². The molecule has 0 aromatic heterocycles. The van der Waals surface area contributed by atoms with E-state index in [4.69, 9.17) is 21.7 Å². The number of anilines is 2. The van der Waals surface area contributed by atoms with Crippen LogP contribution < -0.4 is 15.1 Å². The monoisotopic (exact) mass is 382 g/mol. The number of morpholine rings is 1. The summed E-state index contributed by atoms with van der Waals surface area (Å²) in [6.45, 7) is 3.24. The van der Waals surface area contributed by atoms with E-state index in [1.165, 1.54) is 11.0 Å². The Labute approximate surface area is 157 Å². The van der Waals surface area contributed by atoms with Gasteiger partial charge in [-0.25, -0.2) is 9.18 Å². The van der Waals surface area contributed by atoms with Gasteiger partial charge in [-0.15, -0.1) is 0 Å². The average Bonchev–Trinajstić information content (AvgIpc) is 3.01. The number of nitrogens with zero attached hydrogens (tertiary/aromatic N) is 3. The predicted octanol–water partition coefficient (Wildman–Crippen LogP) is 1.42. The minimum atomic E-state index is -0.480. The summed E-state index contributed by atoms with van der Waals surface area (Å²) in [7, 11) is 3.67. The van der Waals surface area contributed by atoms with Crippen molar-refractivity contribution in [2.24, 2.45) is 0 Å². The summed E-state index contributed by atoms with van der Waals surface area (Å²) in [5, 5.41) is 3.61. The third kappa shape index (κ3) is 4.16. The number of carbonyl (C=O) groups is 1. The van der Waals surface area contributed by atoms with Gasteiger partial charge in [-0.1, -0.05) is 0 Å². The molecule has 1 amide bonds. The highest BCUT2D eigenvalue weighted by atomic mass is 32.1. The zero-order chi connectivity index (χ0) is 18.7. The molecule has 2 heterocycles. The average molecular weight is 382 g/mol. The Bertz CT molecular complexity index is 682. The van der Waals surface area contributed by atoms with Crippen molar-refractivity contribution in [3.05, 3.63) is 24.0 Å². The van der Waals surface area contributed by atoms with Crippen LogP contribution in [0, 0.1) is 5.82 Å². The normalized spacial score (nSPS) is 20.1. The first-order valence-corrected chi connectivity index (χ1v) is 8.92. The van der Waals surface area contributed by atoms with Gasteiger partial charge in [0.2, 0.25) is 0 Å². The third-order valence-corrected chi connectivity index (χ3v) is 4.87. The van der Waals surface area contributed by atoms with E-state index in [1.807, 2.05) is 19.0 Å². The summed E-state index contributed by atoms with van der Waals surface area (Å²) in [4.78, 5) is 17.3. The molecule has 2 aliphatic rings. The van der Waals surface area contributed by atoms with Crippen molar-refractivity contribution in [2.75, 3.05) is 63.3 Å². The van der Waals surface area contributed by atoms with Crippen LogP contribution in [0.1, 0.15) is 0 Å². The second-order valence-corrected chi connectivity index (χ2v) is 6.82. The number of cyclic esters (lactones) is 1. The van der Waals surface area contributed by atoms with Crippen molar-refractivity contribution in [1.29, 1.82) is 0 Å². The van der Waals surface area contributed by atoms with Crippen LogP contribution in [0.15, 0.2) is 18.2 Å². The fourth-order valence-electron chi connectivity index (χ4n) is 2.92. The summed E-state index contributed by atoms with van der Waals surface area (Å²) >= 11 is 5.16. The number of halogens is 1. The largest absolute Gasteiger partial charge is 0.442 e. The SMILES string of the molecule is CN(C)C(=S)NC[C@H]1CN(c2ccc(N3CCOCC3)c(F)c2)C(=O)O1. The molecule has 1 aromatic carbocycles. The first kappa shape index (κ1) is 18.7. The van der Waals surface area contributed by atoms with Crippen molar-refractivity contribution in [2.45, 2.75) is 6.10 Å². The minimum absolute atomic E-state index is 0.345. The number of thiocarbonyl (C=S) groups is 1. The van der Waals surface area contributed by atoms with Crippen LogP contribution in [0.5, 0.6) is 0 Å². The molecule has 9 heteroatoms. The van der Waals surface area contributed by atoms with E-state index in [-0.39, 0.29) is 11.9 Å². The van der Waals surface area contributed by atoms with Crippen molar-refractivity contribution < 1.29 is 18.7 Å². The number of nitrogens with one attached hydrogen (secondary N) is 1. The van der Waals surface area contributed by atoms with Crippen molar-refractivity contribution in [3.63, 3.8) is 0 Å². The maximum Gasteiger partial charge on any atom is 0.414 e. The molecule has 2 aliphatic heterocycles. The molecule has 0 aliphatic carbocycles. The molecule has 1 aromatic rings. The topological polar surface area (TPSA) is 57.3 Å². The second kappa shape index (κ2) is 8.05. The highest BCUT2D eigenvalue weighted by Gasteiger charge is 2.33. The molecule has 0 saturated carbocycles. The maximum atomic E-state index is 14.6. The molecule has 0 unspecified atom stereocenters. The molecule has 7 nitrogen and oxygen atoms in total. The number of carbonyl (C=O) groups excluding carboxylic acids is 1. The van der Waals surface area contributed by atoms with Crippen molar-refractivity contribution >= 4 is 34.8 Å². The van der Waals surface area contributed by atoms with E-state index in [0.29, 0.717) is 55.9 Å². The molecular weight excluding hydrogens is 359 g/mol. The third-order valence-electron chi connectivity index (χ3n) is 4.36. The van der Waals surface area contributed by atoms with Gasteiger partial charge in [0, 0.05) is 27.2 Å². The highest BCUT2D eigenvalue weighted by Crippen LogP contribution is 2.28. The highest BCUT2D eigenvalue weighted by molar-refractivity contribution is 7.80. The lowest BCUT2D eigenvalue weighted by Crippen LogP contribution is -2.40. The number of amides is 1. The Kier molecular flexibility index (Phi) is 5.77. The molecule has 2 fully saturated rings. The van der Waals surface area contributed by atoms with Gasteiger partial charge in [0.05, 0.1) is 37.7 Å². The van der Waals surface area contributed by atoms with Crippen LogP contribution in [0.25, 0.3) is 0 Å². The summed E-state index contributed by atoms with van der Waals surface area (Å²) in [5.41, 5.74) is 1.02. The summed E-state index contributed by atoms with van der Waals surface area (Å²) in [6.07, 6.45) is -0.825. The molecule has 3 rings (SSSR count). The Hall–Kier alpha value is -2.13. The van der Waals surface area contributed by atoms with Crippen LogP contribution >= 0.6 is 12.2 Å². The lowest BCUT2D eigenvalue weighted by atomic mass is 10.2. The Morgan fingerprint density at radius 3 is 2.77 bits per heavy atom. The number of hydrogen-bond acceptors (Lipinski definition) is 5. The standard InChI is InChI=1S/C17H23FN4O3S/c1-20(2)16(26)19-10-13-11-22(17(23)25-13)12-3-4-15(14(18)9-12)21-5-7-24-8-6-21/h3-4,9,13H,5-8,10-11H2,1-2H3,(H,19,26)/t13-/m0/s1. The first-order valence-electron chi connectivity index (χ1n) is 8.51. The van der Waals surface area contributed by atoms with Crippen LogP contribution in [-0.4, -0.2) is 75.7 Å². The number of benzene rings is 1. The van der Waals surface area contributed by atoms with Crippen LogP contribution in [-0.2, 0) is 9.47 Å². The molecule has 2 saturated heterocycles. The van der Waals surface area contributed by atoms with Crippen LogP contribution in [0.2, 0.25) is 0 Å². The first-order chi connectivity index (χ1) is 12.5. The molecule has 0 spiro atoms. The van der Waals surface area contributed by atoms with Gasteiger partial charge in [0.1, 0.15) is 11.9 Å². The smallest absolute Gasteiger partial charge is 0.414 e. The fraction of sp³-hybridized carbons (Fsp3) is 0.529. The zero-order valence-electron chi connectivity index (χ0n) is 14.9. The number of rotatable bonds is 4. The molecule has 1 N–H and O–H groups in total.